The minimum Gasteiger partial charge on any atom is -0.462 e. The van der Waals surface area contributed by atoms with Crippen LogP contribution in [0.4, 0.5) is 0 Å². The Kier molecular flexibility index (Phi) is 5.72. The van der Waals surface area contributed by atoms with E-state index in [1.807, 2.05) is 20.8 Å². The monoisotopic (exact) mass is 364 g/mol. The molecule has 0 bridgehead atoms. The lowest BCUT2D eigenvalue weighted by Gasteiger charge is -2.12. The lowest BCUT2D eigenvalue weighted by Crippen LogP contribution is -2.13. The zero-order valence-electron chi connectivity index (χ0n) is 15.4. The second-order valence-corrected chi connectivity index (χ2v) is 7.72. The molecule has 0 aromatic carbocycles. The summed E-state index contributed by atoms with van der Waals surface area (Å²) in [6.07, 6.45) is 0. The van der Waals surface area contributed by atoms with Crippen molar-refractivity contribution in [2.75, 3.05) is 12.4 Å². The molecule has 25 heavy (non-hydrogen) atoms. The number of hydrogen-bond donors (Lipinski definition) is 2. The number of esters is 1. The van der Waals surface area contributed by atoms with Crippen LogP contribution in [0.5, 0.6) is 0 Å². The molecular formula is C17H24N4O3S. The first-order valence-electron chi connectivity index (χ1n) is 8.10. The van der Waals surface area contributed by atoms with Crippen molar-refractivity contribution < 1.29 is 14.3 Å². The van der Waals surface area contributed by atoms with Gasteiger partial charge in [0, 0.05) is 16.8 Å². The molecule has 0 aliphatic carbocycles. The Morgan fingerprint density at radius 3 is 2.36 bits per heavy atom. The molecule has 2 aromatic heterocycles. The SMILES string of the molecule is CCOC(=O)c1c(C)[nH]c(C)c1C(=O)CSc1n[nH]c(C(C)(C)C)n1. The minimum absolute atomic E-state index is 0.138. The Bertz CT molecular complexity index is 786. The average molecular weight is 364 g/mol. The predicted octanol–water partition coefficient (Wildman–Crippen LogP) is 3.20. The Labute approximate surface area is 151 Å². The molecule has 0 unspecified atom stereocenters. The molecule has 0 fully saturated rings. The summed E-state index contributed by atoms with van der Waals surface area (Å²) >= 11 is 1.24. The average Bonchev–Trinajstić information content (AvgIpc) is 3.09. The van der Waals surface area contributed by atoms with E-state index in [0.29, 0.717) is 27.7 Å². The molecule has 0 aliphatic rings. The van der Waals surface area contributed by atoms with Crippen LogP contribution in [0.2, 0.25) is 0 Å². The highest BCUT2D eigenvalue weighted by atomic mass is 32.2. The summed E-state index contributed by atoms with van der Waals surface area (Å²) in [4.78, 5) is 32.3. The maximum Gasteiger partial charge on any atom is 0.340 e. The quantitative estimate of drug-likeness (QED) is 0.464. The number of ketones is 1. The Balaban J connectivity index is 2.16. The molecule has 7 nitrogen and oxygen atoms in total. The number of Topliss-reactive ketones (excluding diaryl/α,β-unsaturated/α-hetero) is 1. The van der Waals surface area contributed by atoms with Gasteiger partial charge < -0.3 is 9.72 Å². The molecule has 0 saturated carbocycles. The van der Waals surface area contributed by atoms with E-state index in [1.54, 1.807) is 20.8 Å². The number of nitrogens with one attached hydrogen (secondary N) is 2. The van der Waals surface area contributed by atoms with Gasteiger partial charge in [0.15, 0.2) is 5.78 Å². The maximum absolute atomic E-state index is 12.7. The molecule has 2 rings (SSSR count). The van der Waals surface area contributed by atoms with Gasteiger partial charge in [0.05, 0.1) is 23.5 Å². The first-order chi connectivity index (χ1) is 11.6. The van der Waals surface area contributed by atoms with Crippen molar-refractivity contribution in [3.8, 4) is 0 Å². The van der Waals surface area contributed by atoms with E-state index in [9.17, 15) is 9.59 Å². The molecule has 2 N–H and O–H groups in total. The topological polar surface area (TPSA) is 101 Å². The van der Waals surface area contributed by atoms with Crippen LogP contribution in [-0.2, 0) is 10.2 Å². The fourth-order valence-corrected chi connectivity index (χ4v) is 3.11. The number of carbonyl (C=O) groups is 2. The van der Waals surface area contributed by atoms with Crippen LogP contribution >= 0.6 is 11.8 Å². The maximum atomic E-state index is 12.7. The van der Waals surface area contributed by atoms with Gasteiger partial charge in [0.1, 0.15) is 5.82 Å². The van der Waals surface area contributed by atoms with Crippen LogP contribution in [0.1, 0.15) is 65.6 Å². The lowest BCUT2D eigenvalue weighted by atomic mass is 9.96. The molecule has 0 saturated heterocycles. The normalized spacial score (nSPS) is 11.6. The smallest absolute Gasteiger partial charge is 0.340 e. The van der Waals surface area contributed by atoms with Gasteiger partial charge in [0.25, 0.3) is 0 Å². The van der Waals surface area contributed by atoms with Crippen molar-refractivity contribution >= 4 is 23.5 Å². The summed E-state index contributed by atoms with van der Waals surface area (Å²) < 4.78 is 5.07. The molecule has 0 spiro atoms. The van der Waals surface area contributed by atoms with E-state index in [-0.39, 0.29) is 23.6 Å². The van der Waals surface area contributed by atoms with Gasteiger partial charge in [-0.3, -0.25) is 9.89 Å². The zero-order chi connectivity index (χ0) is 18.8. The predicted molar refractivity (Wildman–Crippen MR) is 96.4 cm³/mol. The molecule has 0 aliphatic heterocycles. The number of H-pyrrole nitrogens is 2. The highest BCUT2D eigenvalue weighted by molar-refractivity contribution is 7.99. The molecule has 2 aromatic rings. The number of aromatic amines is 2. The number of thioether (sulfide) groups is 1. The fraction of sp³-hybridized carbons (Fsp3) is 0.529. The molecule has 0 atom stereocenters. The van der Waals surface area contributed by atoms with E-state index in [2.05, 4.69) is 20.2 Å². The second-order valence-electron chi connectivity index (χ2n) is 6.77. The van der Waals surface area contributed by atoms with Crippen LogP contribution in [0.15, 0.2) is 5.16 Å². The largest absolute Gasteiger partial charge is 0.462 e. The molecule has 136 valence electrons. The molecule has 2 heterocycles. The number of hydrogen-bond acceptors (Lipinski definition) is 6. The lowest BCUT2D eigenvalue weighted by molar-refractivity contribution is 0.0522. The summed E-state index contributed by atoms with van der Waals surface area (Å²) in [6.45, 7) is 11.6. The molecular weight excluding hydrogens is 340 g/mol. The first kappa shape index (κ1) is 19.2. The van der Waals surface area contributed by atoms with Crippen molar-refractivity contribution in [3.05, 3.63) is 28.3 Å². The van der Waals surface area contributed by atoms with E-state index in [4.69, 9.17) is 4.74 Å². The number of carbonyl (C=O) groups excluding carboxylic acids is 2. The minimum atomic E-state index is -0.481. The fourth-order valence-electron chi connectivity index (χ4n) is 2.44. The number of ether oxygens (including phenoxy) is 1. The summed E-state index contributed by atoms with van der Waals surface area (Å²) in [6, 6.07) is 0. The van der Waals surface area contributed by atoms with Crippen LogP contribution in [0.3, 0.4) is 0 Å². The summed E-state index contributed by atoms with van der Waals surface area (Å²) in [5, 5.41) is 7.55. The van der Waals surface area contributed by atoms with Crippen LogP contribution in [0, 0.1) is 13.8 Å². The van der Waals surface area contributed by atoms with Crippen molar-refractivity contribution in [2.45, 2.75) is 52.1 Å². The summed E-state index contributed by atoms with van der Waals surface area (Å²) in [7, 11) is 0. The summed E-state index contributed by atoms with van der Waals surface area (Å²) in [5.41, 5.74) is 1.86. The summed E-state index contributed by atoms with van der Waals surface area (Å²) in [5.74, 6) is 0.275. The van der Waals surface area contributed by atoms with Gasteiger partial charge >= 0.3 is 5.97 Å². The third-order valence-corrected chi connectivity index (χ3v) is 4.49. The molecule has 0 amide bonds. The number of rotatable bonds is 6. The van der Waals surface area contributed by atoms with Gasteiger partial charge in [0.2, 0.25) is 5.16 Å². The van der Waals surface area contributed by atoms with Gasteiger partial charge in [-0.25, -0.2) is 9.78 Å². The highest BCUT2D eigenvalue weighted by Gasteiger charge is 2.26. The zero-order valence-corrected chi connectivity index (χ0v) is 16.3. The molecule has 8 heteroatoms. The Morgan fingerprint density at radius 2 is 1.80 bits per heavy atom. The van der Waals surface area contributed by atoms with Crippen molar-refractivity contribution in [3.63, 3.8) is 0 Å². The second kappa shape index (κ2) is 7.43. The number of aryl methyl sites for hydroxylation is 2. The van der Waals surface area contributed by atoms with E-state index in [0.717, 1.165) is 5.82 Å². The number of nitrogens with zero attached hydrogens (tertiary/aromatic N) is 2. The van der Waals surface area contributed by atoms with Gasteiger partial charge in [-0.15, -0.1) is 5.10 Å². The third-order valence-electron chi connectivity index (χ3n) is 3.64. The van der Waals surface area contributed by atoms with Crippen LogP contribution in [-0.4, -0.2) is 44.3 Å². The van der Waals surface area contributed by atoms with Gasteiger partial charge in [-0.05, 0) is 20.8 Å². The van der Waals surface area contributed by atoms with Crippen molar-refractivity contribution in [2.24, 2.45) is 0 Å². The molecule has 0 radical (unpaired) electrons. The Morgan fingerprint density at radius 1 is 1.16 bits per heavy atom. The first-order valence-corrected chi connectivity index (χ1v) is 9.08. The third kappa shape index (κ3) is 4.31. The van der Waals surface area contributed by atoms with E-state index in [1.165, 1.54) is 11.8 Å². The number of aromatic nitrogens is 4. The van der Waals surface area contributed by atoms with Crippen LogP contribution in [0.25, 0.3) is 0 Å². The van der Waals surface area contributed by atoms with E-state index < -0.39 is 5.97 Å². The van der Waals surface area contributed by atoms with Gasteiger partial charge in [-0.2, -0.15) is 0 Å². The highest BCUT2D eigenvalue weighted by Crippen LogP contribution is 2.24. The standard InChI is InChI=1S/C17H24N4O3S/c1-7-24-14(23)13-10(3)18-9(2)12(13)11(22)8-25-16-19-15(20-21-16)17(4,5)6/h18H,7-8H2,1-6H3,(H,19,20,21). The van der Waals surface area contributed by atoms with Crippen LogP contribution < -0.4 is 0 Å². The van der Waals surface area contributed by atoms with Gasteiger partial charge in [-0.1, -0.05) is 32.5 Å². The van der Waals surface area contributed by atoms with Crippen molar-refractivity contribution in [1.82, 2.24) is 20.2 Å². The van der Waals surface area contributed by atoms with E-state index >= 15 is 0 Å². The Hall–Kier alpha value is -2.09. The van der Waals surface area contributed by atoms with Crippen molar-refractivity contribution in [1.29, 1.82) is 0 Å².